The Kier molecular flexibility index (Phi) is 3.14. The maximum absolute atomic E-state index is 13.4. The van der Waals surface area contributed by atoms with Gasteiger partial charge in [-0.1, -0.05) is 12.1 Å². The van der Waals surface area contributed by atoms with Crippen molar-refractivity contribution in [3.63, 3.8) is 0 Å². The summed E-state index contributed by atoms with van der Waals surface area (Å²) in [5, 5.41) is 0. The lowest BCUT2D eigenvalue weighted by molar-refractivity contribution is 0.100. The standard InChI is InChI=1S/C13H11FN2O2/c14-10-3-1-2-4-12(10)18-8-5-6-11(15)9(7-8)13(16)17/h1-7H,15H2,(H2,16,17). The van der Waals surface area contributed by atoms with Gasteiger partial charge in [-0.3, -0.25) is 4.79 Å². The summed E-state index contributed by atoms with van der Waals surface area (Å²) in [5.74, 6) is -0.790. The molecule has 0 bridgehead atoms. The molecule has 2 aromatic carbocycles. The number of hydrogen-bond acceptors (Lipinski definition) is 3. The van der Waals surface area contributed by atoms with Crippen LogP contribution in [0.15, 0.2) is 42.5 Å². The highest BCUT2D eigenvalue weighted by molar-refractivity contribution is 5.98. The fourth-order valence-corrected chi connectivity index (χ4v) is 1.47. The number of para-hydroxylation sites is 1. The Labute approximate surface area is 103 Å². The van der Waals surface area contributed by atoms with Crippen molar-refractivity contribution >= 4 is 11.6 Å². The zero-order valence-electron chi connectivity index (χ0n) is 9.39. The van der Waals surface area contributed by atoms with Crippen LogP contribution >= 0.6 is 0 Å². The maximum Gasteiger partial charge on any atom is 0.250 e. The molecule has 18 heavy (non-hydrogen) atoms. The van der Waals surface area contributed by atoms with Crippen molar-refractivity contribution in [1.82, 2.24) is 0 Å². The number of carbonyl (C=O) groups is 1. The summed E-state index contributed by atoms with van der Waals surface area (Å²) >= 11 is 0. The molecule has 0 aromatic heterocycles. The molecule has 1 amide bonds. The summed E-state index contributed by atoms with van der Waals surface area (Å²) in [6.07, 6.45) is 0. The van der Waals surface area contributed by atoms with Gasteiger partial charge in [0.1, 0.15) is 5.75 Å². The van der Waals surface area contributed by atoms with E-state index in [0.29, 0.717) is 5.75 Å². The number of rotatable bonds is 3. The fraction of sp³-hybridized carbons (Fsp3) is 0. The van der Waals surface area contributed by atoms with Gasteiger partial charge in [-0.15, -0.1) is 0 Å². The number of carbonyl (C=O) groups excluding carboxylic acids is 1. The molecule has 5 heteroatoms. The van der Waals surface area contributed by atoms with Crippen LogP contribution in [0.5, 0.6) is 11.5 Å². The van der Waals surface area contributed by atoms with E-state index in [1.54, 1.807) is 12.1 Å². The van der Waals surface area contributed by atoms with Gasteiger partial charge in [-0.25, -0.2) is 4.39 Å². The van der Waals surface area contributed by atoms with Gasteiger partial charge in [-0.2, -0.15) is 0 Å². The Bertz CT molecular complexity index is 599. The first-order chi connectivity index (χ1) is 8.58. The number of nitrogens with two attached hydrogens (primary N) is 2. The number of primary amides is 1. The van der Waals surface area contributed by atoms with Gasteiger partial charge >= 0.3 is 0 Å². The Hall–Kier alpha value is -2.56. The number of benzene rings is 2. The normalized spacial score (nSPS) is 10.1. The number of ether oxygens (including phenoxy) is 1. The van der Waals surface area contributed by atoms with Crippen molar-refractivity contribution in [2.75, 3.05) is 5.73 Å². The summed E-state index contributed by atoms with van der Waals surface area (Å²) < 4.78 is 18.7. The molecule has 0 fully saturated rings. The Morgan fingerprint density at radius 1 is 1.17 bits per heavy atom. The van der Waals surface area contributed by atoms with Crippen LogP contribution in [-0.4, -0.2) is 5.91 Å². The van der Waals surface area contributed by atoms with Crippen molar-refractivity contribution in [3.05, 3.63) is 53.8 Å². The van der Waals surface area contributed by atoms with E-state index >= 15 is 0 Å². The molecule has 2 rings (SSSR count). The van der Waals surface area contributed by atoms with Gasteiger partial charge in [0, 0.05) is 5.69 Å². The molecule has 0 radical (unpaired) electrons. The minimum absolute atomic E-state index is 0.0673. The molecule has 4 nitrogen and oxygen atoms in total. The van der Waals surface area contributed by atoms with Crippen LogP contribution in [-0.2, 0) is 0 Å². The summed E-state index contributed by atoms with van der Waals surface area (Å²) in [5.41, 5.74) is 11.1. The molecule has 0 aliphatic rings. The average molecular weight is 246 g/mol. The van der Waals surface area contributed by atoms with Crippen LogP contribution in [0.25, 0.3) is 0 Å². The zero-order chi connectivity index (χ0) is 13.1. The smallest absolute Gasteiger partial charge is 0.250 e. The van der Waals surface area contributed by atoms with Crippen LogP contribution < -0.4 is 16.2 Å². The van der Waals surface area contributed by atoms with Crippen molar-refractivity contribution in [2.45, 2.75) is 0 Å². The highest BCUT2D eigenvalue weighted by Crippen LogP contribution is 2.26. The molecule has 0 unspecified atom stereocenters. The third-order valence-electron chi connectivity index (χ3n) is 2.35. The highest BCUT2D eigenvalue weighted by Gasteiger charge is 2.09. The predicted octanol–water partition coefficient (Wildman–Crippen LogP) is 2.30. The lowest BCUT2D eigenvalue weighted by Gasteiger charge is -2.08. The minimum Gasteiger partial charge on any atom is -0.454 e. The Morgan fingerprint density at radius 3 is 2.56 bits per heavy atom. The zero-order valence-corrected chi connectivity index (χ0v) is 9.39. The van der Waals surface area contributed by atoms with Gasteiger partial charge in [0.2, 0.25) is 0 Å². The van der Waals surface area contributed by atoms with E-state index in [2.05, 4.69) is 0 Å². The molecule has 0 saturated carbocycles. The predicted molar refractivity (Wildman–Crippen MR) is 65.8 cm³/mol. The van der Waals surface area contributed by atoms with E-state index in [-0.39, 0.29) is 17.0 Å². The number of halogens is 1. The Morgan fingerprint density at radius 2 is 1.89 bits per heavy atom. The molecule has 0 aliphatic heterocycles. The van der Waals surface area contributed by atoms with Gasteiger partial charge in [0.05, 0.1) is 5.56 Å². The highest BCUT2D eigenvalue weighted by atomic mass is 19.1. The van der Waals surface area contributed by atoms with E-state index in [9.17, 15) is 9.18 Å². The number of hydrogen-bond donors (Lipinski definition) is 2. The van der Waals surface area contributed by atoms with Crippen LogP contribution in [0.4, 0.5) is 10.1 Å². The van der Waals surface area contributed by atoms with Crippen LogP contribution in [0.3, 0.4) is 0 Å². The van der Waals surface area contributed by atoms with Crippen molar-refractivity contribution in [3.8, 4) is 11.5 Å². The van der Waals surface area contributed by atoms with Gasteiger partial charge in [0.25, 0.3) is 5.91 Å². The second-order valence-electron chi connectivity index (χ2n) is 3.65. The van der Waals surface area contributed by atoms with Crippen molar-refractivity contribution < 1.29 is 13.9 Å². The first-order valence-electron chi connectivity index (χ1n) is 5.19. The molecule has 0 aliphatic carbocycles. The molecule has 0 atom stereocenters. The van der Waals surface area contributed by atoms with Gasteiger partial charge in [0.15, 0.2) is 11.6 Å². The van der Waals surface area contributed by atoms with E-state index in [1.807, 2.05) is 0 Å². The molecule has 2 aromatic rings. The molecule has 92 valence electrons. The lowest BCUT2D eigenvalue weighted by atomic mass is 10.1. The third kappa shape index (κ3) is 2.40. The topological polar surface area (TPSA) is 78.3 Å². The minimum atomic E-state index is -0.661. The molecule has 0 saturated heterocycles. The van der Waals surface area contributed by atoms with Crippen molar-refractivity contribution in [1.29, 1.82) is 0 Å². The first kappa shape index (κ1) is 11.9. The maximum atomic E-state index is 13.4. The number of nitrogen functional groups attached to an aromatic ring is 1. The molecule has 0 spiro atoms. The largest absolute Gasteiger partial charge is 0.454 e. The summed E-state index contributed by atoms with van der Waals surface area (Å²) in [6, 6.07) is 10.4. The first-order valence-corrected chi connectivity index (χ1v) is 5.19. The summed E-state index contributed by atoms with van der Waals surface area (Å²) in [4.78, 5) is 11.1. The number of amides is 1. The summed E-state index contributed by atoms with van der Waals surface area (Å²) in [7, 11) is 0. The van der Waals surface area contributed by atoms with E-state index in [0.717, 1.165) is 0 Å². The molecule has 0 heterocycles. The van der Waals surface area contributed by atoms with Crippen molar-refractivity contribution in [2.24, 2.45) is 5.73 Å². The van der Waals surface area contributed by atoms with E-state index < -0.39 is 11.7 Å². The van der Waals surface area contributed by atoms with E-state index in [1.165, 1.54) is 30.3 Å². The second kappa shape index (κ2) is 4.75. The SMILES string of the molecule is NC(=O)c1cc(Oc2ccccc2F)ccc1N. The molecule has 4 N–H and O–H groups in total. The third-order valence-corrected chi connectivity index (χ3v) is 2.35. The molecular weight excluding hydrogens is 235 g/mol. The van der Waals surface area contributed by atoms with Gasteiger partial charge < -0.3 is 16.2 Å². The van der Waals surface area contributed by atoms with Crippen LogP contribution in [0.1, 0.15) is 10.4 Å². The lowest BCUT2D eigenvalue weighted by Crippen LogP contribution is -2.13. The average Bonchev–Trinajstić information content (AvgIpc) is 2.34. The monoisotopic (exact) mass is 246 g/mol. The number of anilines is 1. The van der Waals surface area contributed by atoms with Crippen LogP contribution in [0, 0.1) is 5.82 Å². The van der Waals surface area contributed by atoms with Gasteiger partial charge in [-0.05, 0) is 30.3 Å². The summed E-state index contributed by atoms with van der Waals surface area (Å²) in [6.45, 7) is 0. The second-order valence-corrected chi connectivity index (χ2v) is 3.65. The fourth-order valence-electron chi connectivity index (χ4n) is 1.47. The Balaban J connectivity index is 2.33. The van der Waals surface area contributed by atoms with E-state index in [4.69, 9.17) is 16.2 Å². The quantitative estimate of drug-likeness (QED) is 0.815. The van der Waals surface area contributed by atoms with Crippen LogP contribution in [0.2, 0.25) is 0 Å². The molecular formula is C13H11FN2O2.